The predicted molar refractivity (Wildman–Crippen MR) is 99.5 cm³/mol. The number of aromatic nitrogens is 4. The Hall–Kier alpha value is -2.69. The average molecular weight is 401 g/mol. The zero-order chi connectivity index (χ0) is 19.4. The summed E-state index contributed by atoms with van der Waals surface area (Å²) < 4.78 is 37.9. The average Bonchev–Trinajstić information content (AvgIpc) is 3.24. The van der Waals surface area contributed by atoms with Crippen LogP contribution in [0.25, 0.3) is 11.4 Å². The number of rotatable bonds is 6. The molecule has 1 fully saturated rings. The SMILES string of the molecule is O=S(=O)(CCc1ccncc1)N1CCO[C@H](c2nc(-c3cccnc3)no2)C1. The number of morpholine rings is 1. The quantitative estimate of drug-likeness (QED) is 0.610. The second-order valence-electron chi connectivity index (χ2n) is 6.34. The Balaban J connectivity index is 1.43. The molecular weight excluding hydrogens is 382 g/mol. The molecule has 4 rings (SSSR count). The highest BCUT2D eigenvalue weighted by molar-refractivity contribution is 7.89. The Bertz CT molecular complexity index is 1010. The number of sulfonamides is 1. The number of nitrogens with zero attached hydrogens (tertiary/aromatic N) is 5. The number of ether oxygens (including phenoxy) is 1. The Morgan fingerprint density at radius 3 is 2.79 bits per heavy atom. The first-order chi connectivity index (χ1) is 13.6. The van der Waals surface area contributed by atoms with Gasteiger partial charge in [0.25, 0.3) is 5.89 Å². The van der Waals surface area contributed by atoms with Gasteiger partial charge < -0.3 is 9.26 Å². The van der Waals surface area contributed by atoms with Gasteiger partial charge in [-0.25, -0.2) is 8.42 Å². The third-order valence-corrected chi connectivity index (χ3v) is 6.30. The summed E-state index contributed by atoms with van der Waals surface area (Å²) in [5.74, 6) is 0.673. The molecule has 0 spiro atoms. The van der Waals surface area contributed by atoms with Gasteiger partial charge in [-0.1, -0.05) is 5.16 Å². The van der Waals surface area contributed by atoms with E-state index in [1.807, 2.05) is 18.2 Å². The van der Waals surface area contributed by atoms with Gasteiger partial charge in [0.15, 0.2) is 6.10 Å². The van der Waals surface area contributed by atoms with Crippen LogP contribution in [0.3, 0.4) is 0 Å². The molecule has 0 aromatic carbocycles. The predicted octanol–water partition coefficient (Wildman–Crippen LogP) is 1.47. The Morgan fingerprint density at radius 2 is 2.00 bits per heavy atom. The lowest BCUT2D eigenvalue weighted by molar-refractivity contribution is -0.0199. The Labute approximate surface area is 162 Å². The number of hydrogen-bond acceptors (Lipinski definition) is 8. The topological polar surface area (TPSA) is 111 Å². The summed E-state index contributed by atoms with van der Waals surface area (Å²) in [5.41, 5.74) is 1.65. The molecule has 0 amide bonds. The van der Waals surface area contributed by atoms with Gasteiger partial charge in [0.1, 0.15) is 0 Å². The van der Waals surface area contributed by atoms with Crippen molar-refractivity contribution in [3.05, 3.63) is 60.5 Å². The third-order valence-electron chi connectivity index (χ3n) is 4.46. The van der Waals surface area contributed by atoms with Crippen molar-refractivity contribution < 1.29 is 17.7 Å². The molecule has 3 aromatic rings. The molecule has 28 heavy (non-hydrogen) atoms. The van der Waals surface area contributed by atoms with E-state index in [-0.39, 0.29) is 24.8 Å². The summed E-state index contributed by atoms with van der Waals surface area (Å²) >= 11 is 0. The molecule has 1 aliphatic heterocycles. The highest BCUT2D eigenvalue weighted by Crippen LogP contribution is 2.25. The molecule has 1 saturated heterocycles. The fourth-order valence-electron chi connectivity index (χ4n) is 2.93. The van der Waals surface area contributed by atoms with Crippen LogP contribution < -0.4 is 0 Å². The van der Waals surface area contributed by atoms with E-state index in [0.29, 0.717) is 18.8 Å². The summed E-state index contributed by atoms with van der Waals surface area (Å²) in [6.07, 6.45) is 6.43. The molecule has 9 nitrogen and oxygen atoms in total. The first-order valence-corrected chi connectivity index (χ1v) is 10.4. The van der Waals surface area contributed by atoms with Crippen molar-refractivity contribution in [2.45, 2.75) is 12.5 Å². The molecule has 1 aliphatic rings. The maximum atomic E-state index is 12.7. The molecule has 10 heteroatoms. The van der Waals surface area contributed by atoms with Gasteiger partial charge in [0.05, 0.1) is 12.4 Å². The van der Waals surface area contributed by atoms with Crippen LogP contribution in [-0.4, -0.2) is 58.3 Å². The van der Waals surface area contributed by atoms with Gasteiger partial charge >= 0.3 is 0 Å². The number of aryl methyl sites for hydroxylation is 1. The largest absolute Gasteiger partial charge is 0.366 e. The minimum atomic E-state index is -3.43. The van der Waals surface area contributed by atoms with Crippen LogP contribution in [0.4, 0.5) is 0 Å². The van der Waals surface area contributed by atoms with E-state index >= 15 is 0 Å². The minimum Gasteiger partial charge on any atom is -0.366 e. The van der Waals surface area contributed by atoms with Crippen molar-refractivity contribution in [3.8, 4) is 11.4 Å². The summed E-state index contributed by atoms with van der Waals surface area (Å²) in [7, 11) is -3.43. The second-order valence-corrected chi connectivity index (χ2v) is 8.43. The van der Waals surface area contributed by atoms with E-state index < -0.39 is 16.1 Å². The van der Waals surface area contributed by atoms with E-state index in [1.54, 1.807) is 30.9 Å². The Morgan fingerprint density at radius 1 is 1.14 bits per heavy atom. The normalized spacial score (nSPS) is 18.2. The van der Waals surface area contributed by atoms with E-state index in [2.05, 4.69) is 20.1 Å². The summed E-state index contributed by atoms with van der Waals surface area (Å²) in [6, 6.07) is 7.23. The second kappa shape index (κ2) is 8.13. The first-order valence-electron chi connectivity index (χ1n) is 8.84. The number of hydrogen-bond donors (Lipinski definition) is 0. The fraction of sp³-hybridized carbons (Fsp3) is 0.333. The first kappa shape index (κ1) is 18.7. The van der Waals surface area contributed by atoms with E-state index in [9.17, 15) is 8.42 Å². The standard InChI is InChI=1S/C18H19N5O4S/c24-28(25,11-5-14-3-7-19-8-4-14)23-9-10-26-16(13-23)18-21-17(22-27-18)15-2-1-6-20-12-15/h1-4,6-8,12,16H,5,9-11,13H2/t16-/m0/s1. The van der Waals surface area contributed by atoms with Crippen LogP contribution in [0.2, 0.25) is 0 Å². The van der Waals surface area contributed by atoms with Gasteiger partial charge in [0, 0.05) is 43.4 Å². The summed E-state index contributed by atoms with van der Waals surface area (Å²) in [5, 5.41) is 3.94. The smallest absolute Gasteiger partial charge is 0.257 e. The molecule has 3 aromatic heterocycles. The molecule has 1 atom stereocenters. The maximum Gasteiger partial charge on any atom is 0.257 e. The lowest BCUT2D eigenvalue weighted by Crippen LogP contribution is -2.43. The van der Waals surface area contributed by atoms with Gasteiger partial charge in [-0.05, 0) is 36.2 Å². The van der Waals surface area contributed by atoms with Crippen molar-refractivity contribution in [2.75, 3.05) is 25.4 Å². The maximum absolute atomic E-state index is 12.7. The minimum absolute atomic E-state index is 0.0223. The molecule has 146 valence electrons. The monoisotopic (exact) mass is 401 g/mol. The Kier molecular flexibility index (Phi) is 5.42. The van der Waals surface area contributed by atoms with Crippen LogP contribution >= 0.6 is 0 Å². The van der Waals surface area contributed by atoms with E-state index in [4.69, 9.17) is 9.26 Å². The van der Waals surface area contributed by atoms with Crippen LogP contribution in [0, 0.1) is 0 Å². The van der Waals surface area contributed by atoms with Crippen LogP contribution in [0.1, 0.15) is 17.6 Å². The molecule has 0 bridgehead atoms. The van der Waals surface area contributed by atoms with E-state index in [1.165, 1.54) is 4.31 Å². The van der Waals surface area contributed by atoms with Crippen molar-refractivity contribution >= 4 is 10.0 Å². The van der Waals surface area contributed by atoms with Crippen LogP contribution in [0.5, 0.6) is 0 Å². The molecular formula is C18H19N5O4S. The third kappa shape index (κ3) is 4.24. The highest BCUT2D eigenvalue weighted by Gasteiger charge is 2.33. The van der Waals surface area contributed by atoms with Crippen molar-refractivity contribution in [1.82, 2.24) is 24.4 Å². The van der Waals surface area contributed by atoms with Gasteiger partial charge in [-0.2, -0.15) is 9.29 Å². The van der Waals surface area contributed by atoms with Gasteiger partial charge in [0.2, 0.25) is 15.8 Å². The molecule has 0 saturated carbocycles. The fourth-order valence-corrected chi connectivity index (χ4v) is 4.40. The molecule has 0 radical (unpaired) electrons. The number of pyridine rings is 2. The molecule has 4 heterocycles. The van der Waals surface area contributed by atoms with E-state index in [0.717, 1.165) is 11.1 Å². The zero-order valence-corrected chi connectivity index (χ0v) is 15.8. The van der Waals surface area contributed by atoms with Gasteiger partial charge in [-0.15, -0.1) is 0 Å². The van der Waals surface area contributed by atoms with Crippen molar-refractivity contribution in [2.24, 2.45) is 0 Å². The summed E-state index contributed by atoms with van der Waals surface area (Å²) in [4.78, 5) is 12.3. The lowest BCUT2D eigenvalue weighted by atomic mass is 10.2. The zero-order valence-electron chi connectivity index (χ0n) is 15.0. The molecule has 0 aliphatic carbocycles. The lowest BCUT2D eigenvalue weighted by Gasteiger charge is -2.30. The molecule has 0 unspecified atom stereocenters. The summed E-state index contributed by atoms with van der Waals surface area (Å²) in [6.45, 7) is 0.718. The van der Waals surface area contributed by atoms with Gasteiger partial charge in [-0.3, -0.25) is 9.97 Å². The van der Waals surface area contributed by atoms with Crippen LogP contribution in [-0.2, 0) is 21.2 Å². The van der Waals surface area contributed by atoms with Crippen molar-refractivity contribution in [3.63, 3.8) is 0 Å². The highest BCUT2D eigenvalue weighted by atomic mass is 32.2. The van der Waals surface area contributed by atoms with Crippen molar-refractivity contribution in [1.29, 1.82) is 0 Å². The molecule has 0 N–H and O–H groups in total. The van der Waals surface area contributed by atoms with Crippen LogP contribution in [0.15, 0.2) is 53.6 Å².